The molecule has 3 atom stereocenters. The van der Waals surface area contributed by atoms with Crippen molar-refractivity contribution in [2.45, 2.75) is 43.8 Å². The Morgan fingerprint density at radius 3 is 2.05 bits per heavy atom. The molecular formula is C24H18Cl3F10NO2S. The van der Waals surface area contributed by atoms with E-state index < -0.39 is 93.6 Å². The van der Waals surface area contributed by atoms with Gasteiger partial charge in [0.25, 0.3) is 5.91 Å². The number of carbonyl (C=O) groups excluding carboxylic acids is 1. The summed E-state index contributed by atoms with van der Waals surface area (Å²) in [5.74, 6) is -7.10. The Labute approximate surface area is 245 Å². The molecule has 41 heavy (non-hydrogen) atoms. The van der Waals surface area contributed by atoms with E-state index in [0.29, 0.717) is 12.1 Å². The van der Waals surface area contributed by atoms with Crippen LogP contribution in [0.4, 0.5) is 43.9 Å². The molecule has 2 rings (SSSR count). The highest BCUT2D eigenvalue weighted by molar-refractivity contribution is 7.91. The zero-order chi connectivity index (χ0) is 31.5. The molecule has 2 unspecified atom stereocenters. The molecule has 2 aromatic carbocycles. The molecule has 0 aromatic heterocycles. The van der Waals surface area contributed by atoms with E-state index >= 15 is 0 Å². The van der Waals surface area contributed by atoms with Crippen molar-refractivity contribution < 1.29 is 53.3 Å². The Bertz CT molecular complexity index is 1260. The van der Waals surface area contributed by atoms with Gasteiger partial charge in [0.15, 0.2) is 0 Å². The van der Waals surface area contributed by atoms with Crippen LogP contribution >= 0.6 is 34.8 Å². The monoisotopic (exact) mass is 679 g/mol. The molecule has 1 N–H and O–H groups in total. The Kier molecular flexibility index (Phi) is 11.7. The van der Waals surface area contributed by atoms with E-state index in [9.17, 15) is 53.3 Å². The largest absolute Gasteiger partial charge is 0.616 e. The van der Waals surface area contributed by atoms with Crippen molar-refractivity contribution in [2.24, 2.45) is 0 Å². The van der Waals surface area contributed by atoms with Crippen LogP contribution in [0.15, 0.2) is 36.4 Å². The fraction of sp³-hybridized carbons (Fsp3) is 0.375. The van der Waals surface area contributed by atoms with Gasteiger partial charge < -0.3 is 9.87 Å². The maximum Gasteiger partial charge on any atom is 0.417 e. The first-order valence-electron chi connectivity index (χ1n) is 11.1. The second-order valence-electron chi connectivity index (χ2n) is 8.64. The Morgan fingerprint density at radius 1 is 1.00 bits per heavy atom. The highest BCUT2D eigenvalue weighted by Crippen LogP contribution is 2.43. The predicted molar refractivity (Wildman–Crippen MR) is 136 cm³/mol. The molecule has 3 nitrogen and oxygen atoms in total. The number of allylic oxidation sites excluding steroid dienone is 1. The lowest BCUT2D eigenvalue weighted by Gasteiger charge is -2.20. The smallest absolute Gasteiger partial charge is 0.417 e. The van der Waals surface area contributed by atoms with Gasteiger partial charge >= 0.3 is 18.5 Å². The molecule has 0 spiro atoms. The molecule has 0 bridgehead atoms. The van der Waals surface area contributed by atoms with Crippen molar-refractivity contribution in [1.29, 1.82) is 0 Å². The van der Waals surface area contributed by atoms with Crippen LogP contribution in [0, 0.1) is 0 Å². The SMILES string of the molecule is C[C@H](C[S+]([O-])CCC(F)(F)F)NC(=O)c1ccc(/C(F)=C/C(c2cc(Cl)c(Cl)c(Cl)c2)C(F)(F)F)cc1C(F)(F)F. The van der Waals surface area contributed by atoms with Crippen molar-refractivity contribution in [3.05, 3.63) is 73.7 Å². The van der Waals surface area contributed by atoms with Crippen LogP contribution in [0.5, 0.6) is 0 Å². The highest BCUT2D eigenvalue weighted by Gasteiger charge is 2.41. The van der Waals surface area contributed by atoms with Crippen LogP contribution in [-0.4, -0.2) is 40.4 Å². The normalized spacial score (nSPS) is 15.4. The van der Waals surface area contributed by atoms with Gasteiger partial charge in [-0.2, -0.15) is 39.5 Å². The fourth-order valence-corrected chi connectivity index (χ4v) is 5.32. The van der Waals surface area contributed by atoms with Crippen LogP contribution in [0.2, 0.25) is 15.1 Å². The van der Waals surface area contributed by atoms with E-state index in [2.05, 4.69) is 5.32 Å². The third-order valence-electron chi connectivity index (χ3n) is 5.30. The van der Waals surface area contributed by atoms with Crippen LogP contribution in [0.3, 0.4) is 0 Å². The van der Waals surface area contributed by atoms with Crippen LogP contribution in [-0.2, 0) is 17.4 Å². The average molecular weight is 681 g/mol. The Balaban J connectivity index is 2.38. The first-order valence-corrected chi connectivity index (χ1v) is 13.7. The van der Waals surface area contributed by atoms with Crippen molar-refractivity contribution in [1.82, 2.24) is 5.32 Å². The zero-order valence-electron chi connectivity index (χ0n) is 20.4. The molecule has 0 saturated carbocycles. The van der Waals surface area contributed by atoms with Gasteiger partial charge in [0.05, 0.1) is 38.7 Å². The second-order valence-corrected chi connectivity index (χ2v) is 11.5. The molecule has 0 fully saturated rings. The van der Waals surface area contributed by atoms with E-state index in [1.807, 2.05) is 0 Å². The summed E-state index contributed by atoms with van der Waals surface area (Å²) in [5.41, 5.74) is -4.36. The van der Waals surface area contributed by atoms with Crippen molar-refractivity contribution in [3.8, 4) is 0 Å². The Hall–Kier alpha value is -1.87. The number of amides is 1. The number of hydrogen-bond acceptors (Lipinski definition) is 2. The third kappa shape index (κ3) is 10.4. The fourth-order valence-electron chi connectivity index (χ4n) is 3.44. The molecule has 0 saturated heterocycles. The molecule has 0 radical (unpaired) electrons. The summed E-state index contributed by atoms with van der Waals surface area (Å²) in [5, 5.41) is 1.03. The molecular weight excluding hydrogens is 663 g/mol. The quantitative estimate of drug-likeness (QED) is 0.163. The lowest BCUT2D eigenvalue weighted by molar-refractivity contribution is -0.140. The second kappa shape index (κ2) is 13.6. The topological polar surface area (TPSA) is 52.2 Å². The number of nitrogens with one attached hydrogen (secondary N) is 1. The predicted octanol–water partition coefficient (Wildman–Crippen LogP) is 9.14. The van der Waals surface area contributed by atoms with Crippen molar-refractivity contribution in [2.75, 3.05) is 11.5 Å². The van der Waals surface area contributed by atoms with Gasteiger partial charge in [-0.05, 0) is 42.8 Å². The van der Waals surface area contributed by atoms with E-state index in [1.165, 1.54) is 6.92 Å². The van der Waals surface area contributed by atoms with Gasteiger partial charge in [0.1, 0.15) is 23.3 Å². The lowest BCUT2D eigenvalue weighted by Crippen LogP contribution is -2.39. The lowest BCUT2D eigenvalue weighted by atomic mass is 9.95. The number of benzene rings is 2. The molecule has 17 heteroatoms. The molecule has 0 aliphatic carbocycles. The first kappa shape index (κ1) is 35.3. The summed E-state index contributed by atoms with van der Waals surface area (Å²) in [6.45, 7) is 1.19. The molecule has 0 aliphatic heterocycles. The molecule has 0 heterocycles. The zero-order valence-corrected chi connectivity index (χ0v) is 23.5. The van der Waals surface area contributed by atoms with E-state index in [1.54, 1.807) is 0 Å². The number of halogens is 13. The van der Waals surface area contributed by atoms with Crippen LogP contribution in [0.1, 0.15) is 46.3 Å². The summed E-state index contributed by atoms with van der Waals surface area (Å²) < 4.78 is 146. The maximum absolute atomic E-state index is 15.0. The van der Waals surface area contributed by atoms with Gasteiger partial charge in [0, 0.05) is 5.56 Å². The third-order valence-corrected chi connectivity index (χ3v) is 8.03. The van der Waals surface area contributed by atoms with Gasteiger partial charge in [-0.25, -0.2) is 4.39 Å². The van der Waals surface area contributed by atoms with Crippen molar-refractivity contribution >= 4 is 57.7 Å². The minimum Gasteiger partial charge on any atom is -0.616 e. The van der Waals surface area contributed by atoms with E-state index in [4.69, 9.17) is 34.8 Å². The minimum atomic E-state index is -5.28. The van der Waals surface area contributed by atoms with Gasteiger partial charge in [-0.1, -0.05) is 52.0 Å². The van der Waals surface area contributed by atoms with Crippen LogP contribution in [0.25, 0.3) is 5.83 Å². The molecule has 0 aliphatic rings. The van der Waals surface area contributed by atoms with Gasteiger partial charge in [0.2, 0.25) is 0 Å². The molecule has 228 valence electrons. The summed E-state index contributed by atoms with van der Waals surface area (Å²) in [4.78, 5) is 12.5. The maximum atomic E-state index is 15.0. The van der Waals surface area contributed by atoms with Gasteiger partial charge in [-0.15, -0.1) is 0 Å². The molecule has 2 aromatic rings. The summed E-state index contributed by atoms with van der Waals surface area (Å²) in [6.07, 6.45) is -16.4. The number of rotatable bonds is 9. The first-order chi connectivity index (χ1) is 18.6. The number of alkyl halides is 9. The van der Waals surface area contributed by atoms with Crippen LogP contribution < -0.4 is 5.32 Å². The number of carbonyl (C=O) groups is 1. The summed E-state index contributed by atoms with van der Waals surface area (Å²) >= 11 is 15.2. The standard InChI is InChI=1S/C24H18Cl3F10NO2S/c1-11(10-41(40)5-4-22(29,30)31)38-21(39)14-3-2-12(6-16(14)24(35,36)37)19(28)9-15(23(32,33)34)13-7-17(25)20(27)18(26)8-13/h2-3,6-9,11,15H,4-5,10H2,1H3,(H,38,39)/b19-9-/t11-,15?,41?/m1/s1. The van der Waals surface area contributed by atoms with Crippen molar-refractivity contribution in [3.63, 3.8) is 0 Å². The van der Waals surface area contributed by atoms with E-state index in [-0.39, 0.29) is 27.2 Å². The minimum absolute atomic E-state index is 0.00344. The Morgan fingerprint density at radius 2 is 1.56 bits per heavy atom. The molecule has 1 amide bonds. The average Bonchev–Trinajstić information content (AvgIpc) is 2.82. The van der Waals surface area contributed by atoms with Gasteiger partial charge in [-0.3, -0.25) is 4.79 Å². The number of hydrogen-bond donors (Lipinski definition) is 1. The van der Waals surface area contributed by atoms with E-state index in [0.717, 1.165) is 12.1 Å². The highest BCUT2D eigenvalue weighted by atomic mass is 35.5. The summed E-state index contributed by atoms with van der Waals surface area (Å²) in [6, 6.07) is 1.69. The summed E-state index contributed by atoms with van der Waals surface area (Å²) in [7, 11) is 0.